The minimum Gasteiger partial charge on any atom is -0.490 e. The molecular formula is C24H35IN4O3. The third-order valence-electron chi connectivity index (χ3n) is 4.60. The van der Waals surface area contributed by atoms with Gasteiger partial charge in [-0.2, -0.15) is 0 Å². The van der Waals surface area contributed by atoms with Crippen molar-refractivity contribution in [1.29, 1.82) is 0 Å². The number of hydrogen-bond acceptors (Lipinski definition) is 4. The molecule has 0 saturated carbocycles. The zero-order chi connectivity index (χ0) is 22.6. The molecule has 0 unspecified atom stereocenters. The predicted octanol–water partition coefficient (Wildman–Crippen LogP) is 3.71. The summed E-state index contributed by atoms with van der Waals surface area (Å²) in [4.78, 5) is 17.8. The van der Waals surface area contributed by atoms with Crippen LogP contribution in [0, 0.1) is 0 Å². The summed E-state index contributed by atoms with van der Waals surface area (Å²) in [6.45, 7) is 6.49. The van der Waals surface area contributed by atoms with Crippen LogP contribution in [0.25, 0.3) is 0 Å². The molecule has 0 aromatic heterocycles. The molecule has 0 bridgehead atoms. The Morgan fingerprint density at radius 3 is 2.16 bits per heavy atom. The van der Waals surface area contributed by atoms with Gasteiger partial charge in [0.15, 0.2) is 17.5 Å². The number of guanidine groups is 1. The quantitative estimate of drug-likeness (QED) is 0.266. The fourth-order valence-corrected chi connectivity index (χ4v) is 3.01. The maximum Gasteiger partial charge on any atom is 0.253 e. The van der Waals surface area contributed by atoms with E-state index >= 15 is 0 Å². The number of ether oxygens (including phenoxy) is 2. The molecule has 8 heteroatoms. The predicted molar refractivity (Wildman–Crippen MR) is 141 cm³/mol. The van der Waals surface area contributed by atoms with Crippen molar-refractivity contribution < 1.29 is 14.3 Å². The molecule has 32 heavy (non-hydrogen) atoms. The average molecular weight is 554 g/mol. The normalized spacial score (nSPS) is 10.7. The molecule has 2 aromatic carbocycles. The van der Waals surface area contributed by atoms with Crippen molar-refractivity contribution in [3.63, 3.8) is 0 Å². The molecule has 0 heterocycles. The summed E-state index contributed by atoms with van der Waals surface area (Å²) in [5.41, 5.74) is 2.92. The highest BCUT2D eigenvalue weighted by Crippen LogP contribution is 2.28. The number of nitrogens with zero attached hydrogens (tertiary/aromatic N) is 2. The van der Waals surface area contributed by atoms with Gasteiger partial charge in [-0.15, -0.1) is 24.0 Å². The van der Waals surface area contributed by atoms with E-state index in [2.05, 4.69) is 21.7 Å². The van der Waals surface area contributed by atoms with Crippen LogP contribution in [0.2, 0.25) is 0 Å². The fraction of sp³-hybridized carbons (Fsp3) is 0.417. The second-order valence-electron chi connectivity index (χ2n) is 7.15. The molecule has 0 spiro atoms. The van der Waals surface area contributed by atoms with E-state index in [-0.39, 0.29) is 29.9 Å². The molecule has 1 amide bonds. The van der Waals surface area contributed by atoms with Crippen LogP contribution in [0.4, 0.5) is 0 Å². The number of aliphatic imine (C=N–C) groups is 1. The fourth-order valence-electron chi connectivity index (χ4n) is 3.01. The molecule has 0 radical (unpaired) electrons. The lowest BCUT2D eigenvalue weighted by atomic mass is 10.1. The molecule has 0 aliphatic heterocycles. The molecule has 0 atom stereocenters. The molecule has 0 saturated heterocycles. The van der Waals surface area contributed by atoms with Crippen molar-refractivity contribution >= 4 is 35.8 Å². The van der Waals surface area contributed by atoms with Crippen LogP contribution in [0.1, 0.15) is 35.3 Å². The molecule has 7 nitrogen and oxygen atoms in total. The average Bonchev–Trinajstić information content (AvgIpc) is 2.77. The Kier molecular flexibility index (Phi) is 12.5. The van der Waals surface area contributed by atoms with Gasteiger partial charge in [-0.1, -0.05) is 18.2 Å². The molecular weight excluding hydrogens is 519 g/mol. The summed E-state index contributed by atoms with van der Waals surface area (Å²) in [6.07, 6.45) is 0.828. The Hall–Kier alpha value is -2.49. The topological polar surface area (TPSA) is 75.2 Å². The number of benzene rings is 2. The first-order valence-electron chi connectivity index (χ1n) is 10.6. The molecule has 0 aliphatic carbocycles. The third kappa shape index (κ3) is 8.57. The van der Waals surface area contributed by atoms with Gasteiger partial charge >= 0.3 is 0 Å². The largest absolute Gasteiger partial charge is 0.490 e. The zero-order valence-electron chi connectivity index (χ0n) is 19.6. The van der Waals surface area contributed by atoms with Crippen LogP contribution < -0.4 is 20.1 Å². The molecule has 0 fully saturated rings. The minimum atomic E-state index is -0.00114. The van der Waals surface area contributed by atoms with Gasteiger partial charge in [0, 0.05) is 39.8 Å². The van der Waals surface area contributed by atoms with Crippen molar-refractivity contribution in [3.05, 3.63) is 59.2 Å². The third-order valence-corrected chi connectivity index (χ3v) is 4.60. The number of carbonyl (C=O) groups excluding carboxylic acids is 1. The van der Waals surface area contributed by atoms with Gasteiger partial charge in [-0.3, -0.25) is 9.79 Å². The van der Waals surface area contributed by atoms with E-state index in [9.17, 15) is 4.79 Å². The highest BCUT2D eigenvalue weighted by molar-refractivity contribution is 14.0. The van der Waals surface area contributed by atoms with E-state index in [0.717, 1.165) is 41.6 Å². The van der Waals surface area contributed by atoms with Gasteiger partial charge in [-0.05, 0) is 55.7 Å². The van der Waals surface area contributed by atoms with Gasteiger partial charge < -0.3 is 25.0 Å². The summed E-state index contributed by atoms with van der Waals surface area (Å²) >= 11 is 0. The first kappa shape index (κ1) is 27.5. The van der Waals surface area contributed by atoms with E-state index in [1.54, 1.807) is 26.0 Å². The van der Waals surface area contributed by atoms with Gasteiger partial charge in [0.2, 0.25) is 0 Å². The van der Waals surface area contributed by atoms with Gasteiger partial charge in [0.1, 0.15) is 0 Å². The number of rotatable bonds is 10. The Bertz CT molecular complexity index is 870. The van der Waals surface area contributed by atoms with E-state index in [4.69, 9.17) is 9.47 Å². The van der Waals surface area contributed by atoms with Crippen molar-refractivity contribution in [1.82, 2.24) is 15.5 Å². The summed E-state index contributed by atoms with van der Waals surface area (Å²) in [6, 6.07) is 13.6. The maximum absolute atomic E-state index is 12.0. The summed E-state index contributed by atoms with van der Waals surface area (Å²) in [7, 11) is 5.25. The Morgan fingerprint density at radius 1 is 0.938 bits per heavy atom. The van der Waals surface area contributed by atoms with E-state index < -0.39 is 0 Å². The standard InChI is InChI=1S/C24H34N4O3.HI/c1-6-30-21-13-10-18(16-22(21)31-7-2)14-15-26-24(25-3)27-17-19-8-11-20(12-9-19)23(29)28(4)5;/h8-13,16H,6-7,14-15,17H2,1-5H3,(H2,25,26,27);1H. The van der Waals surface area contributed by atoms with Gasteiger partial charge in [0.05, 0.1) is 13.2 Å². The van der Waals surface area contributed by atoms with E-state index in [1.807, 2.05) is 50.2 Å². The van der Waals surface area contributed by atoms with Crippen molar-refractivity contribution in [3.8, 4) is 11.5 Å². The van der Waals surface area contributed by atoms with Crippen LogP contribution in [-0.4, -0.2) is 57.7 Å². The highest BCUT2D eigenvalue weighted by atomic mass is 127. The maximum atomic E-state index is 12.0. The second-order valence-corrected chi connectivity index (χ2v) is 7.15. The minimum absolute atomic E-state index is 0. The summed E-state index contributed by atoms with van der Waals surface area (Å²) in [5.74, 6) is 2.28. The molecule has 2 aromatic rings. The van der Waals surface area contributed by atoms with Crippen LogP contribution in [0.3, 0.4) is 0 Å². The van der Waals surface area contributed by atoms with E-state index in [0.29, 0.717) is 25.3 Å². The Balaban J connectivity index is 0.00000512. The van der Waals surface area contributed by atoms with E-state index in [1.165, 1.54) is 0 Å². The molecule has 2 N–H and O–H groups in total. The second kappa shape index (κ2) is 14.5. The van der Waals surface area contributed by atoms with Crippen molar-refractivity contribution in [2.75, 3.05) is 40.9 Å². The SMILES string of the molecule is CCOc1ccc(CCNC(=NC)NCc2ccc(C(=O)N(C)C)cc2)cc1OCC.I. The Morgan fingerprint density at radius 2 is 1.56 bits per heavy atom. The summed E-state index contributed by atoms with van der Waals surface area (Å²) in [5, 5.41) is 6.63. The van der Waals surface area contributed by atoms with Crippen molar-refractivity contribution in [2.45, 2.75) is 26.8 Å². The lowest BCUT2D eigenvalue weighted by molar-refractivity contribution is 0.0827. The Labute approximate surface area is 208 Å². The lowest BCUT2D eigenvalue weighted by Crippen LogP contribution is -2.37. The first-order valence-corrected chi connectivity index (χ1v) is 10.6. The number of nitrogens with one attached hydrogen (secondary N) is 2. The van der Waals surface area contributed by atoms with Crippen LogP contribution in [0.15, 0.2) is 47.5 Å². The monoisotopic (exact) mass is 554 g/mol. The van der Waals surface area contributed by atoms with Gasteiger partial charge in [0.25, 0.3) is 5.91 Å². The number of carbonyl (C=O) groups is 1. The van der Waals surface area contributed by atoms with Crippen LogP contribution >= 0.6 is 24.0 Å². The number of halogens is 1. The number of amides is 1. The van der Waals surface area contributed by atoms with Crippen LogP contribution in [-0.2, 0) is 13.0 Å². The summed E-state index contributed by atoms with van der Waals surface area (Å²) < 4.78 is 11.3. The molecule has 0 aliphatic rings. The highest BCUT2D eigenvalue weighted by Gasteiger charge is 2.08. The number of hydrogen-bond donors (Lipinski definition) is 2. The smallest absolute Gasteiger partial charge is 0.253 e. The van der Waals surface area contributed by atoms with Gasteiger partial charge in [-0.25, -0.2) is 0 Å². The molecule has 176 valence electrons. The zero-order valence-corrected chi connectivity index (χ0v) is 21.9. The lowest BCUT2D eigenvalue weighted by Gasteiger charge is -2.14. The first-order chi connectivity index (χ1) is 15.0. The molecule has 2 rings (SSSR count). The van der Waals surface area contributed by atoms with Crippen molar-refractivity contribution in [2.24, 2.45) is 4.99 Å². The van der Waals surface area contributed by atoms with Crippen LogP contribution in [0.5, 0.6) is 11.5 Å².